The Morgan fingerprint density at radius 3 is 2.80 bits per heavy atom. The number of aromatic nitrogens is 2. The van der Waals surface area contributed by atoms with E-state index in [0.29, 0.717) is 10.6 Å². The van der Waals surface area contributed by atoms with Gasteiger partial charge in [0.25, 0.3) is 0 Å². The van der Waals surface area contributed by atoms with Gasteiger partial charge in [0.05, 0.1) is 11.3 Å². The normalized spacial score (nSPS) is 12.2. The minimum atomic E-state index is -2.63. The van der Waals surface area contributed by atoms with Crippen LogP contribution in [0.2, 0.25) is 0 Å². The molecule has 20 heavy (non-hydrogen) atoms. The zero-order chi connectivity index (χ0) is 14.7. The molecule has 0 spiro atoms. The van der Waals surface area contributed by atoms with Crippen molar-refractivity contribution in [1.29, 1.82) is 5.26 Å². The highest BCUT2D eigenvalue weighted by molar-refractivity contribution is 7.11. The number of rotatable bonds is 4. The van der Waals surface area contributed by atoms with E-state index in [1.165, 1.54) is 29.7 Å². The Morgan fingerprint density at radius 1 is 1.50 bits per heavy atom. The number of hydrogen-bond donors (Lipinski definition) is 0. The van der Waals surface area contributed by atoms with E-state index in [2.05, 4.69) is 4.98 Å². The van der Waals surface area contributed by atoms with Gasteiger partial charge in [-0.2, -0.15) is 14.0 Å². The van der Waals surface area contributed by atoms with Gasteiger partial charge in [-0.05, 0) is 24.1 Å². The summed E-state index contributed by atoms with van der Waals surface area (Å²) in [6.45, 7) is 1.39. The van der Waals surface area contributed by atoms with E-state index in [4.69, 9.17) is 0 Å². The molecule has 0 aliphatic rings. The molecular weight excluding hydrogens is 280 g/mol. The molecule has 3 nitrogen and oxygen atoms in total. The summed E-state index contributed by atoms with van der Waals surface area (Å²) >= 11 is 1.35. The summed E-state index contributed by atoms with van der Waals surface area (Å²) in [6.07, 6.45) is 2.72. The highest BCUT2D eigenvalue weighted by Crippen LogP contribution is 2.26. The van der Waals surface area contributed by atoms with Crippen LogP contribution in [-0.4, -0.2) is 9.55 Å². The first-order chi connectivity index (χ1) is 9.52. The van der Waals surface area contributed by atoms with E-state index in [-0.39, 0.29) is 11.6 Å². The van der Waals surface area contributed by atoms with Crippen LogP contribution in [0.3, 0.4) is 0 Å². The van der Waals surface area contributed by atoms with Crippen molar-refractivity contribution in [1.82, 2.24) is 9.55 Å². The van der Waals surface area contributed by atoms with E-state index in [0.717, 1.165) is 10.3 Å². The summed E-state index contributed by atoms with van der Waals surface area (Å²) in [5.74, 6) is 0.268. The highest BCUT2D eigenvalue weighted by Gasteiger charge is 2.12. The van der Waals surface area contributed by atoms with Crippen molar-refractivity contribution in [3.63, 3.8) is 0 Å². The molecule has 0 bridgehead atoms. The summed E-state index contributed by atoms with van der Waals surface area (Å²) in [7, 11) is 0. The van der Waals surface area contributed by atoms with Crippen molar-refractivity contribution in [2.24, 2.45) is 0 Å². The predicted octanol–water partition coefficient (Wildman–Crippen LogP) is 4.53. The van der Waals surface area contributed by atoms with Crippen molar-refractivity contribution in [2.75, 3.05) is 0 Å². The Bertz CT molecular complexity index is 662. The van der Waals surface area contributed by atoms with Crippen LogP contribution in [0.15, 0.2) is 23.7 Å². The summed E-state index contributed by atoms with van der Waals surface area (Å²) < 4.78 is 26.3. The molecule has 0 saturated carbocycles. The van der Waals surface area contributed by atoms with Gasteiger partial charge in [-0.15, -0.1) is 11.3 Å². The lowest BCUT2D eigenvalue weighted by Crippen LogP contribution is -1.98. The molecule has 6 heteroatoms. The average Bonchev–Trinajstić information content (AvgIpc) is 3.04. The topological polar surface area (TPSA) is 41.6 Å². The van der Waals surface area contributed by atoms with Gasteiger partial charge in [-0.25, -0.2) is 4.98 Å². The molecule has 0 aliphatic carbocycles. The van der Waals surface area contributed by atoms with Crippen LogP contribution in [0.1, 0.15) is 42.7 Å². The zero-order valence-electron chi connectivity index (χ0n) is 11.0. The van der Waals surface area contributed by atoms with Crippen LogP contribution in [0.5, 0.6) is 0 Å². The minimum Gasteiger partial charge on any atom is -0.292 e. The highest BCUT2D eigenvalue weighted by atomic mass is 32.1. The molecule has 0 radical (unpaired) electrons. The van der Waals surface area contributed by atoms with Crippen molar-refractivity contribution < 1.29 is 8.78 Å². The third-order valence-corrected chi connectivity index (χ3v) is 3.67. The first-order valence-corrected chi connectivity index (χ1v) is 6.93. The minimum absolute atomic E-state index is 0.268. The molecule has 2 rings (SSSR count). The Labute approximate surface area is 119 Å². The first-order valence-electron chi connectivity index (χ1n) is 6.05. The first kappa shape index (κ1) is 14.4. The van der Waals surface area contributed by atoms with Gasteiger partial charge in [0.15, 0.2) is 0 Å². The van der Waals surface area contributed by atoms with Crippen LogP contribution in [0, 0.1) is 11.3 Å². The largest absolute Gasteiger partial charge is 0.318 e. The van der Waals surface area contributed by atoms with Crippen molar-refractivity contribution in [3.8, 4) is 6.07 Å². The van der Waals surface area contributed by atoms with Crippen LogP contribution in [0.4, 0.5) is 8.78 Å². The van der Waals surface area contributed by atoms with Crippen molar-refractivity contribution in [3.05, 3.63) is 40.1 Å². The van der Waals surface area contributed by atoms with Crippen LogP contribution in [0.25, 0.3) is 11.6 Å². The molecule has 2 aromatic rings. The van der Waals surface area contributed by atoms with Gasteiger partial charge >= 0.3 is 6.55 Å². The standard InChI is InChI=1S/C14H13F2N3S/c1-9(2)12-8-20-13(18-12)10(7-17)6-11-4-3-5-19(11)14(15)16/h3-6,8-9,14H,1-2H3/b10-6+. The summed E-state index contributed by atoms with van der Waals surface area (Å²) in [5, 5.41) is 11.6. The number of alkyl halides is 2. The van der Waals surface area contributed by atoms with Crippen molar-refractivity contribution >= 4 is 23.0 Å². The van der Waals surface area contributed by atoms with Gasteiger partial charge in [-0.3, -0.25) is 4.57 Å². The monoisotopic (exact) mass is 293 g/mol. The smallest absolute Gasteiger partial charge is 0.292 e. The molecule has 0 fully saturated rings. The number of thiazole rings is 1. The second-order valence-corrected chi connectivity index (χ2v) is 5.38. The fourth-order valence-corrected chi connectivity index (χ4v) is 2.62. The predicted molar refractivity (Wildman–Crippen MR) is 75.4 cm³/mol. The number of nitriles is 1. The van der Waals surface area contributed by atoms with E-state index in [9.17, 15) is 14.0 Å². The molecule has 0 N–H and O–H groups in total. The van der Waals surface area contributed by atoms with Crippen LogP contribution < -0.4 is 0 Å². The van der Waals surface area contributed by atoms with E-state index in [1.807, 2.05) is 25.3 Å². The maximum absolute atomic E-state index is 12.8. The van der Waals surface area contributed by atoms with Crippen LogP contribution in [-0.2, 0) is 0 Å². The summed E-state index contributed by atoms with van der Waals surface area (Å²) in [6, 6.07) is 5.09. The number of halogens is 2. The molecule has 2 heterocycles. The summed E-state index contributed by atoms with van der Waals surface area (Å²) in [5.41, 5.74) is 1.48. The number of nitrogens with zero attached hydrogens (tertiary/aromatic N) is 3. The lowest BCUT2D eigenvalue weighted by atomic mass is 10.1. The quantitative estimate of drug-likeness (QED) is 0.777. The molecule has 104 valence electrons. The third-order valence-electron chi connectivity index (χ3n) is 2.78. The average molecular weight is 293 g/mol. The van der Waals surface area contributed by atoms with Gasteiger partial charge in [0, 0.05) is 17.3 Å². The molecule has 0 amide bonds. The number of allylic oxidation sites excluding steroid dienone is 1. The van der Waals surface area contributed by atoms with E-state index in [1.54, 1.807) is 6.07 Å². The van der Waals surface area contributed by atoms with Gasteiger partial charge in [0.2, 0.25) is 0 Å². The lowest BCUT2D eigenvalue weighted by molar-refractivity contribution is 0.0701. The fourth-order valence-electron chi connectivity index (χ4n) is 1.67. The zero-order valence-corrected chi connectivity index (χ0v) is 11.9. The molecule has 0 atom stereocenters. The van der Waals surface area contributed by atoms with Gasteiger partial charge in [0.1, 0.15) is 11.1 Å². The Balaban J connectivity index is 2.38. The van der Waals surface area contributed by atoms with Gasteiger partial charge < -0.3 is 0 Å². The SMILES string of the molecule is CC(C)c1csc(/C(C#N)=C/c2cccn2C(F)F)n1. The molecule has 0 unspecified atom stereocenters. The van der Waals surface area contributed by atoms with E-state index < -0.39 is 6.55 Å². The molecule has 0 aliphatic heterocycles. The van der Waals surface area contributed by atoms with E-state index >= 15 is 0 Å². The number of hydrogen-bond acceptors (Lipinski definition) is 3. The molecule has 2 aromatic heterocycles. The second kappa shape index (κ2) is 5.97. The Morgan fingerprint density at radius 2 is 2.25 bits per heavy atom. The van der Waals surface area contributed by atoms with Crippen LogP contribution >= 0.6 is 11.3 Å². The van der Waals surface area contributed by atoms with Gasteiger partial charge in [-0.1, -0.05) is 13.8 Å². The third kappa shape index (κ3) is 2.94. The molecule has 0 aromatic carbocycles. The Kier molecular flexibility index (Phi) is 4.30. The summed E-state index contributed by atoms with van der Waals surface area (Å²) in [4.78, 5) is 4.37. The maximum atomic E-state index is 12.8. The maximum Gasteiger partial charge on any atom is 0.318 e. The second-order valence-electron chi connectivity index (χ2n) is 4.52. The molecular formula is C14H13F2N3S. The Hall–Kier alpha value is -2.00. The lowest BCUT2D eigenvalue weighted by Gasteiger charge is -2.04. The fraction of sp³-hybridized carbons (Fsp3) is 0.286. The van der Waals surface area contributed by atoms with Crippen molar-refractivity contribution in [2.45, 2.75) is 26.3 Å². The molecule has 0 saturated heterocycles.